The molecular formula is C19H21N3O5. The lowest BCUT2D eigenvalue weighted by Crippen LogP contribution is -2.69. The van der Waals surface area contributed by atoms with Gasteiger partial charge in [-0.15, -0.1) is 0 Å². The molecule has 1 atom stereocenters. The van der Waals surface area contributed by atoms with Gasteiger partial charge in [-0.05, 0) is 18.6 Å². The summed E-state index contributed by atoms with van der Waals surface area (Å²) in [5, 5.41) is 8.64. The van der Waals surface area contributed by atoms with Gasteiger partial charge < -0.3 is 14.4 Å². The van der Waals surface area contributed by atoms with Crippen LogP contribution in [-0.2, 0) is 19.1 Å². The van der Waals surface area contributed by atoms with E-state index in [-0.39, 0.29) is 50.8 Å². The number of amides is 2. The first-order chi connectivity index (χ1) is 13.1. The maximum Gasteiger partial charge on any atom is 0.353 e. The highest BCUT2D eigenvalue weighted by atomic mass is 16.5. The molecule has 0 spiro atoms. The van der Waals surface area contributed by atoms with E-state index >= 15 is 0 Å². The van der Waals surface area contributed by atoms with Crippen LogP contribution in [0, 0.1) is 11.3 Å². The van der Waals surface area contributed by atoms with Crippen molar-refractivity contribution in [1.82, 2.24) is 4.90 Å². The van der Waals surface area contributed by atoms with Gasteiger partial charge >= 0.3 is 5.97 Å². The van der Waals surface area contributed by atoms with Crippen molar-refractivity contribution in [1.29, 1.82) is 5.26 Å². The highest BCUT2D eigenvalue weighted by Crippen LogP contribution is 2.44. The van der Waals surface area contributed by atoms with E-state index in [1.807, 2.05) is 6.07 Å². The van der Waals surface area contributed by atoms with Crippen molar-refractivity contribution in [2.24, 2.45) is 0 Å². The van der Waals surface area contributed by atoms with Gasteiger partial charge in [0.2, 0.25) is 11.6 Å². The molecule has 0 aromatic heterocycles. The Kier molecular flexibility index (Phi) is 5.42. The second kappa shape index (κ2) is 7.76. The molecule has 1 fully saturated rings. The summed E-state index contributed by atoms with van der Waals surface area (Å²) < 4.78 is 10.5. The molecule has 0 aliphatic carbocycles. The Labute approximate surface area is 157 Å². The summed E-state index contributed by atoms with van der Waals surface area (Å²) in [6.45, 7) is 0.435. The summed E-state index contributed by atoms with van der Waals surface area (Å²) in [6.07, 6.45) is 0.956. The predicted molar refractivity (Wildman–Crippen MR) is 94.6 cm³/mol. The van der Waals surface area contributed by atoms with Crippen LogP contribution in [0.5, 0.6) is 0 Å². The maximum absolute atomic E-state index is 13.1. The molecule has 2 aliphatic heterocycles. The molecule has 0 N–H and O–H groups in total. The minimum atomic E-state index is -1.51. The summed E-state index contributed by atoms with van der Waals surface area (Å²) in [5.74, 6) is -1.21. The molecule has 1 saturated heterocycles. The number of para-hydroxylation sites is 1. The van der Waals surface area contributed by atoms with Crippen LogP contribution in [0.4, 0.5) is 5.69 Å². The van der Waals surface area contributed by atoms with Crippen molar-refractivity contribution >= 4 is 23.5 Å². The van der Waals surface area contributed by atoms with Crippen LogP contribution in [0.3, 0.4) is 0 Å². The van der Waals surface area contributed by atoms with Crippen molar-refractivity contribution in [3.63, 3.8) is 0 Å². The van der Waals surface area contributed by atoms with E-state index in [2.05, 4.69) is 0 Å². The van der Waals surface area contributed by atoms with Gasteiger partial charge in [0.1, 0.15) is 0 Å². The lowest BCUT2D eigenvalue weighted by atomic mass is 9.96. The van der Waals surface area contributed by atoms with Gasteiger partial charge in [0.15, 0.2) is 0 Å². The van der Waals surface area contributed by atoms with Crippen LogP contribution < -0.4 is 4.90 Å². The Morgan fingerprint density at radius 3 is 2.81 bits per heavy atom. The molecule has 2 aliphatic rings. The normalized spacial score (nSPS) is 20.9. The number of nitrogens with zero attached hydrogens (tertiary/aromatic N) is 3. The second-order valence-corrected chi connectivity index (χ2v) is 6.41. The minimum absolute atomic E-state index is 0.0597. The highest BCUT2D eigenvalue weighted by Gasteiger charge is 2.61. The number of methoxy groups -OCH3 is 1. The third-order valence-corrected chi connectivity index (χ3v) is 4.89. The monoisotopic (exact) mass is 371 g/mol. The second-order valence-electron chi connectivity index (χ2n) is 6.41. The number of carbonyl (C=O) groups excluding carboxylic acids is 3. The van der Waals surface area contributed by atoms with Crippen molar-refractivity contribution < 1.29 is 23.9 Å². The first kappa shape index (κ1) is 18.9. The quantitative estimate of drug-likeness (QED) is 0.531. The zero-order chi connectivity index (χ0) is 19.4. The van der Waals surface area contributed by atoms with E-state index in [9.17, 15) is 14.4 Å². The van der Waals surface area contributed by atoms with Gasteiger partial charge in [-0.1, -0.05) is 12.1 Å². The number of benzene rings is 1. The Morgan fingerprint density at radius 2 is 2.07 bits per heavy atom. The highest BCUT2D eigenvalue weighted by molar-refractivity contribution is 6.15. The number of unbranched alkanes of at least 4 members (excludes halogenated alkanes) is 1. The number of nitriles is 1. The lowest BCUT2D eigenvalue weighted by molar-refractivity contribution is -0.157. The molecular weight excluding hydrogens is 350 g/mol. The van der Waals surface area contributed by atoms with Gasteiger partial charge in [0.05, 0.1) is 30.5 Å². The molecule has 8 nitrogen and oxygen atoms in total. The summed E-state index contributed by atoms with van der Waals surface area (Å²) in [5.41, 5.74) is -0.711. The van der Waals surface area contributed by atoms with E-state index in [0.29, 0.717) is 17.7 Å². The van der Waals surface area contributed by atoms with Crippen molar-refractivity contribution in [3.05, 3.63) is 29.8 Å². The maximum atomic E-state index is 13.1. The molecule has 2 amide bonds. The number of rotatable bonds is 7. The number of anilines is 1. The van der Waals surface area contributed by atoms with Crippen LogP contribution in [0.2, 0.25) is 0 Å². The van der Waals surface area contributed by atoms with E-state index in [1.54, 1.807) is 24.3 Å². The van der Waals surface area contributed by atoms with Crippen LogP contribution >= 0.6 is 0 Å². The molecule has 1 aromatic carbocycles. The molecule has 2 heterocycles. The number of hydrogen-bond donors (Lipinski definition) is 0. The molecule has 142 valence electrons. The average molecular weight is 371 g/mol. The van der Waals surface area contributed by atoms with Crippen LogP contribution in [0.25, 0.3) is 0 Å². The summed E-state index contributed by atoms with van der Waals surface area (Å²) in [7, 11) is 1.51. The summed E-state index contributed by atoms with van der Waals surface area (Å²) in [6, 6.07) is 8.75. The van der Waals surface area contributed by atoms with Crippen molar-refractivity contribution in [3.8, 4) is 6.07 Å². The first-order valence-electron chi connectivity index (χ1n) is 8.85. The fraction of sp³-hybridized carbons (Fsp3) is 0.474. The van der Waals surface area contributed by atoms with Crippen LogP contribution in [0.15, 0.2) is 24.3 Å². The summed E-state index contributed by atoms with van der Waals surface area (Å²) >= 11 is 0. The fourth-order valence-corrected chi connectivity index (χ4v) is 3.67. The molecule has 0 bridgehead atoms. The molecule has 1 aromatic rings. The molecule has 8 heteroatoms. The van der Waals surface area contributed by atoms with E-state index in [0.717, 1.165) is 0 Å². The Hall–Kier alpha value is -2.92. The Morgan fingerprint density at radius 1 is 1.30 bits per heavy atom. The molecule has 3 rings (SSSR count). The van der Waals surface area contributed by atoms with Crippen molar-refractivity contribution in [2.75, 3.05) is 31.8 Å². The van der Waals surface area contributed by atoms with Crippen LogP contribution in [-0.4, -0.2) is 55.2 Å². The van der Waals surface area contributed by atoms with Gasteiger partial charge in [0, 0.05) is 32.9 Å². The van der Waals surface area contributed by atoms with Crippen LogP contribution in [0.1, 0.15) is 36.0 Å². The Bertz CT molecular complexity index is 803. The van der Waals surface area contributed by atoms with Crippen molar-refractivity contribution in [2.45, 2.75) is 31.3 Å². The first-order valence-corrected chi connectivity index (χ1v) is 8.85. The summed E-state index contributed by atoms with van der Waals surface area (Å²) in [4.78, 5) is 41.7. The zero-order valence-corrected chi connectivity index (χ0v) is 15.1. The lowest BCUT2D eigenvalue weighted by Gasteiger charge is -2.48. The predicted octanol–water partition coefficient (Wildman–Crippen LogP) is 1.46. The zero-order valence-electron chi connectivity index (χ0n) is 15.1. The molecule has 1 unspecified atom stereocenters. The number of hydrogen-bond acceptors (Lipinski definition) is 6. The fourth-order valence-electron chi connectivity index (χ4n) is 3.67. The van der Waals surface area contributed by atoms with Gasteiger partial charge in [-0.25, -0.2) is 4.79 Å². The topological polar surface area (TPSA) is 99.9 Å². The number of fused-ring (bicyclic) bond motifs is 3. The number of carbonyl (C=O) groups is 3. The number of ether oxygens (including phenoxy) is 2. The largest absolute Gasteiger partial charge is 0.462 e. The standard InChI is InChI=1S/C19H21N3O5/c1-26-13-11-21-17(24)14-6-2-3-7-15(14)22-16(23)8-9-19(21,22)18(25)27-12-5-4-10-20/h2-3,6-7H,4-5,8-9,11-13H2,1H3. The SMILES string of the molecule is COCCN1C(=O)c2ccccc2N2C(=O)CCC12C(=O)OCCCC#N. The molecule has 27 heavy (non-hydrogen) atoms. The van der Waals surface area contributed by atoms with E-state index in [4.69, 9.17) is 14.7 Å². The van der Waals surface area contributed by atoms with E-state index < -0.39 is 11.6 Å². The van der Waals surface area contributed by atoms with E-state index in [1.165, 1.54) is 16.9 Å². The van der Waals surface area contributed by atoms with Gasteiger partial charge in [-0.3, -0.25) is 14.5 Å². The molecule has 0 radical (unpaired) electrons. The third-order valence-electron chi connectivity index (χ3n) is 4.89. The molecule has 0 saturated carbocycles. The Balaban J connectivity index is 2.03. The van der Waals surface area contributed by atoms with Gasteiger partial charge in [0.25, 0.3) is 5.91 Å². The average Bonchev–Trinajstić information content (AvgIpc) is 3.03. The minimum Gasteiger partial charge on any atom is -0.462 e. The smallest absolute Gasteiger partial charge is 0.353 e. The third kappa shape index (κ3) is 3.04. The van der Waals surface area contributed by atoms with Gasteiger partial charge in [-0.2, -0.15) is 5.26 Å². The number of esters is 1.